The second kappa shape index (κ2) is 7.00. The first-order valence-electron chi connectivity index (χ1n) is 6.74. The van der Waals surface area contributed by atoms with E-state index in [1.165, 1.54) is 18.2 Å². The lowest BCUT2D eigenvalue weighted by molar-refractivity contribution is 0.607. The number of nitrogens with two attached hydrogens (primary N) is 1. The van der Waals surface area contributed by atoms with Crippen LogP contribution in [0.5, 0.6) is 0 Å². The minimum Gasteiger partial charge on any atom is -0.363 e. The zero-order chi connectivity index (χ0) is 15.4. The molecule has 2 nitrogen and oxygen atoms in total. The summed E-state index contributed by atoms with van der Waals surface area (Å²) >= 11 is 3.19. The fourth-order valence-corrected chi connectivity index (χ4v) is 2.80. The molecule has 1 atom stereocenters. The van der Waals surface area contributed by atoms with Gasteiger partial charge in [-0.05, 0) is 58.7 Å². The second-order valence-corrected chi connectivity index (χ2v) is 5.55. The first-order valence-corrected chi connectivity index (χ1v) is 7.53. The zero-order valence-electron chi connectivity index (χ0n) is 11.7. The Bertz CT molecular complexity index is 619. The smallest absolute Gasteiger partial charge is 0.137 e. The summed E-state index contributed by atoms with van der Waals surface area (Å²) in [5.41, 5.74) is 7.54. The molecule has 0 saturated heterocycles. The Morgan fingerprint density at radius 1 is 1.19 bits per heavy atom. The van der Waals surface area contributed by atoms with E-state index in [-0.39, 0.29) is 17.7 Å². The molecule has 21 heavy (non-hydrogen) atoms. The fourth-order valence-electron chi connectivity index (χ4n) is 2.40. The van der Waals surface area contributed by atoms with Crippen molar-refractivity contribution >= 4 is 21.6 Å². The van der Waals surface area contributed by atoms with Crippen molar-refractivity contribution in [2.45, 2.75) is 13.0 Å². The largest absolute Gasteiger partial charge is 0.363 e. The second-order valence-electron chi connectivity index (χ2n) is 4.69. The van der Waals surface area contributed by atoms with Crippen molar-refractivity contribution in [1.29, 1.82) is 0 Å². The Balaban J connectivity index is 2.39. The molecule has 0 aliphatic heterocycles. The van der Waals surface area contributed by atoms with Gasteiger partial charge in [-0.1, -0.05) is 12.1 Å². The highest BCUT2D eigenvalue weighted by atomic mass is 79.9. The van der Waals surface area contributed by atoms with Crippen LogP contribution in [0.1, 0.15) is 18.5 Å². The molecule has 2 N–H and O–H groups in total. The minimum absolute atomic E-state index is 0.145. The predicted octanol–water partition coefficient (Wildman–Crippen LogP) is 4.25. The summed E-state index contributed by atoms with van der Waals surface area (Å²) in [6.45, 7) is 2.99. The van der Waals surface area contributed by atoms with E-state index in [1.807, 2.05) is 17.9 Å². The molecule has 0 heterocycles. The van der Waals surface area contributed by atoms with E-state index in [0.717, 1.165) is 11.3 Å². The van der Waals surface area contributed by atoms with Gasteiger partial charge in [-0.25, -0.2) is 8.78 Å². The van der Waals surface area contributed by atoms with E-state index in [9.17, 15) is 8.78 Å². The topological polar surface area (TPSA) is 29.3 Å². The van der Waals surface area contributed by atoms with E-state index >= 15 is 0 Å². The molecule has 0 radical (unpaired) electrons. The van der Waals surface area contributed by atoms with Gasteiger partial charge in [0.25, 0.3) is 0 Å². The zero-order valence-corrected chi connectivity index (χ0v) is 13.3. The van der Waals surface area contributed by atoms with Crippen LogP contribution >= 0.6 is 15.9 Å². The van der Waals surface area contributed by atoms with Gasteiger partial charge in [-0.2, -0.15) is 0 Å². The summed E-state index contributed by atoms with van der Waals surface area (Å²) < 4.78 is 27.2. The van der Waals surface area contributed by atoms with Crippen LogP contribution in [-0.4, -0.2) is 13.1 Å². The fraction of sp³-hybridized carbons (Fsp3) is 0.250. The van der Waals surface area contributed by atoms with Crippen molar-refractivity contribution < 1.29 is 8.78 Å². The SMILES string of the molecule is CCN(c1cccc(F)c1)C(CN)c1ccc(F)c(Br)c1. The van der Waals surface area contributed by atoms with E-state index in [0.29, 0.717) is 17.6 Å². The number of anilines is 1. The number of rotatable bonds is 5. The molecule has 0 saturated carbocycles. The lowest BCUT2D eigenvalue weighted by Crippen LogP contribution is -2.33. The van der Waals surface area contributed by atoms with Crippen molar-refractivity contribution in [3.05, 3.63) is 64.1 Å². The maximum Gasteiger partial charge on any atom is 0.137 e. The molecule has 2 aromatic carbocycles. The Morgan fingerprint density at radius 3 is 2.52 bits per heavy atom. The third kappa shape index (κ3) is 3.60. The van der Waals surface area contributed by atoms with Gasteiger partial charge >= 0.3 is 0 Å². The number of benzene rings is 2. The van der Waals surface area contributed by atoms with Crippen LogP contribution in [0.4, 0.5) is 14.5 Å². The monoisotopic (exact) mass is 354 g/mol. The Hall–Kier alpha value is -1.46. The summed E-state index contributed by atoms with van der Waals surface area (Å²) in [5.74, 6) is -0.606. The summed E-state index contributed by atoms with van der Waals surface area (Å²) in [4.78, 5) is 2.00. The lowest BCUT2D eigenvalue weighted by atomic mass is 10.0. The van der Waals surface area contributed by atoms with Gasteiger partial charge in [0, 0.05) is 18.8 Å². The quantitative estimate of drug-likeness (QED) is 0.869. The van der Waals surface area contributed by atoms with Crippen LogP contribution in [0.2, 0.25) is 0 Å². The average molecular weight is 355 g/mol. The molecule has 0 spiro atoms. The molecule has 0 aliphatic rings. The van der Waals surface area contributed by atoms with E-state index in [1.54, 1.807) is 18.2 Å². The van der Waals surface area contributed by atoms with Gasteiger partial charge in [0.05, 0.1) is 10.5 Å². The lowest BCUT2D eigenvalue weighted by Gasteiger charge is -2.32. The van der Waals surface area contributed by atoms with Crippen molar-refractivity contribution in [2.75, 3.05) is 18.0 Å². The molecule has 2 aromatic rings. The highest BCUT2D eigenvalue weighted by Gasteiger charge is 2.19. The number of nitrogens with zero attached hydrogens (tertiary/aromatic N) is 1. The summed E-state index contributed by atoms with van der Waals surface area (Å²) in [7, 11) is 0. The standard InChI is InChI=1S/C16H17BrF2N2/c1-2-21(13-5-3-4-12(18)9-13)16(10-20)11-6-7-15(19)14(17)8-11/h3-9,16H,2,10,20H2,1H3. The van der Waals surface area contributed by atoms with E-state index in [4.69, 9.17) is 5.73 Å². The van der Waals surface area contributed by atoms with E-state index < -0.39 is 0 Å². The van der Waals surface area contributed by atoms with Crippen molar-refractivity contribution in [1.82, 2.24) is 0 Å². The average Bonchev–Trinajstić information content (AvgIpc) is 2.47. The number of halogens is 3. The van der Waals surface area contributed by atoms with Gasteiger partial charge < -0.3 is 10.6 Å². The predicted molar refractivity (Wildman–Crippen MR) is 85.3 cm³/mol. The Labute approximate surface area is 131 Å². The van der Waals surface area contributed by atoms with Gasteiger partial charge in [-0.3, -0.25) is 0 Å². The molecular weight excluding hydrogens is 338 g/mol. The van der Waals surface area contributed by atoms with Crippen molar-refractivity contribution in [3.63, 3.8) is 0 Å². The Kier molecular flexibility index (Phi) is 5.31. The van der Waals surface area contributed by atoms with Crippen molar-refractivity contribution in [3.8, 4) is 0 Å². The first-order chi connectivity index (χ1) is 10.1. The summed E-state index contributed by atoms with van der Waals surface area (Å²) in [6, 6.07) is 11.1. The van der Waals surface area contributed by atoms with Crippen LogP contribution < -0.4 is 10.6 Å². The molecule has 1 unspecified atom stereocenters. The van der Waals surface area contributed by atoms with Crippen LogP contribution in [0.15, 0.2) is 46.9 Å². The number of hydrogen-bond donors (Lipinski definition) is 1. The molecular formula is C16H17BrF2N2. The molecule has 0 aliphatic carbocycles. The van der Waals surface area contributed by atoms with Gasteiger partial charge in [0.15, 0.2) is 0 Å². The third-order valence-electron chi connectivity index (χ3n) is 3.41. The van der Waals surface area contributed by atoms with Gasteiger partial charge in [0.1, 0.15) is 11.6 Å². The molecule has 0 fully saturated rings. The van der Waals surface area contributed by atoms with Crippen molar-refractivity contribution in [2.24, 2.45) is 5.73 Å². The first kappa shape index (κ1) is 15.9. The summed E-state index contributed by atoms with van der Waals surface area (Å²) in [6.07, 6.45) is 0. The van der Waals surface area contributed by atoms with E-state index in [2.05, 4.69) is 15.9 Å². The normalized spacial score (nSPS) is 12.2. The third-order valence-corrected chi connectivity index (χ3v) is 4.02. The summed E-state index contributed by atoms with van der Waals surface area (Å²) in [5, 5.41) is 0. The maximum absolute atomic E-state index is 13.4. The molecule has 5 heteroatoms. The minimum atomic E-state index is -0.316. The maximum atomic E-state index is 13.4. The molecule has 2 rings (SSSR count). The Morgan fingerprint density at radius 2 is 1.95 bits per heavy atom. The van der Waals surface area contributed by atoms with Crippen LogP contribution in [0, 0.1) is 11.6 Å². The number of likely N-dealkylation sites (N-methyl/N-ethyl adjacent to an activating group) is 1. The molecule has 0 bridgehead atoms. The van der Waals surface area contributed by atoms with Crippen LogP contribution in [-0.2, 0) is 0 Å². The van der Waals surface area contributed by atoms with Gasteiger partial charge in [0.2, 0.25) is 0 Å². The van der Waals surface area contributed by atoms with Crippen LogP contribution in [0.3, 0.4) is 0 Å². The highest BCUT2D eigenvalue weighted by Crippen LogP contribution is 2.29. The highest BCUT2D eigenvalue weighted by molar-refractivity contribution is 9.10. The molecule has 0 aromatic heterocycles. The van der Waals surface area contributed by atoms with Crippen LogP contribution in [0.25, 0.3) is 0 Å². The molecule has 112 valence electrons. The van der Waals surface area contributed by atoms with Gasteiger partial charge in [-0.15, -0.1) is 0 Å². The molecule has 0 amide bonds. The number of hydrogen-bond acceptors (Lipinski definition) is 2.